The molecule has 1 N–H and O–H groups in total. The Hall–Kier alpha value is -1.44. The molecule has 1 radical (unpaired) electrons. The molecule has 0 aliphatic carbocycles. The number of aromatic nitrogens is 1. The molecule has 1 heterocycles. The molecule has 2 nitrogen and oxygen atoms in total. The Morgan fingerprint density at radius 1 is 1.31 bits per heavy atom. The van der Waals surface area contributed by atoms with Crippen LogP contribution in [0.2, 0.25) is 0 Å². The van der Waals surface area contributed by atoms with E-state index in [2.05, 4.69) is 35.1 Å². The van der Waals surface area contributed by atoms with Crippen LogP contribution in [0.1, 0.15) is 5.56 Å². The van der Waals surface area contributed by atoms with Crippen molar-refractivity contribution in [3.63, 3.8) is 0 Å². The van der Waals surface area contributed by atoms with E-state index in [4.69, 9.17) is 0 Å². The lowest BCUT2D eigenvalue weighted by Crippen LogP contribution is -2.08. The van der Waals surface area contributed by atoms with Crippen LogP contribution in [0, 0.1) is 13.1 Å². The average Bonchev–Trinajstić information content (AvgIpc) is 2.51. The lowest BCUT2D eigenvalue weighted by Gasteiger charge is -2.13. The number of nitrogens with one attached hydrogen (secondary N) is 1. The smallest absolute Gasteiger partial charge is 0.0630 e. The molecule has 0 unspecified atom stereocenters. The summed E-state index contributed by atoms with van der Waals surface area (Å²) >= 11 is 0. The van der Waals surface area contributed by atoms with Gasteiger partial charge in [0.1, 0.15) is 0 Å². The summed E-state index contributed by atoms with van der Waals surface area (Å²) in [4.78, 5) is 5.21. The molecule has 0 aliphatic rings. The van der Waals surface area contributed by atoms with E-state index in [1.54, 1.807) is 0 Å². The van der Waals surface area contributed by atoms with E-state index in [1.165, 1.54) is 16.6 Å². The van der Waals surface area contributed by atoms with E-state index in [9.17, 15) is 0 Å². The fourth-order valence-electron chi connectivity index (χ4n) is 1.52. The molecule has 13 heavy (non-hydrogen) atoms. The van der Waals surface area contributed by atoms with Crippen LogP contribution in [-0.2, 0) is 0 Å². The van der Waals surface area contributed by atoms with E-state index in [0.717, 1.165) is 5.52 Å². The summed E-state index contributed by atoms with van der Waals surface area (Å²) < 4.78 is 0. The number of fused-ring (bicyclic) bond motifs is 1. The van der Waals surface area contributed by atoms with Crippen molar-refractivity contribution in [1.82, 2.24) is 4.98 Å². The maximum atomic E-state index is 3.10. The lowest BCUT2D eigenvalue weighted by atomic mass is 10.1. The van der Waals surface area contributed by atoms with E-state index < -0.39 is 0 Å². The highest BCUT2D eigenvalue weighted by Gasteiger charge is 2.02. The third kappa shape index (κ3) is 1.28. The van der Waals surface area contributed by atoms with Crippen molar-refractivity contribution in [1.29, 1.82) is 0 Å². The Labute approximate surface area is 78.2 Å². The molecule has 0 spiro atoms. The van der Waals surface area contributed by atoms with E-state index in [0.29, 0.717) is 0 Å². The summed E-state index contributed by atoms with van der Waals surface area (Å²) in [5, 5.41) is 1.26. The number of hydrogen-bond acceptors (Lipinski definition) is 1. The van der Waals surface area contributed by atoms with Gasteiger partial charge in [-0.05, 0) is 30.7 Å². The Bertz CT molecular complexity index is 427. The predicted octanol–water partition coefficient (Wildman–Crippen LogP) is 2.34. The van der Waals surface area contributed by atoms with E-state index in [-0.39, 0.29) is 0 Å². The van der Waals surface area contributed by atoms with Crippen LogP contribution in [0.4, 0.5) is 5.69 Å². The van der Waals surface area contributed by atoms with Gasteiger partial charge in [-0.1, -0.05) is 0 Å². The molecule has 1 aromatic carbocycles. The average molecular weight is 173 g/mol. The zero-order valence-electron chi connectivity index (χ0n) is 8.18. The second-order valence-electron chi connectivity index (χ2n) is 3.53. The van der Waals surface area contributed by atoms with Crippen LogP contribution < -0.4 is 4.90 Å². The quantitative estimate of drug-likeness (QED) is 0.701. The number of hydrogen-bond donors (Lipinski definition) is 1. The van der Waals surface area contributed by atoms with Crippen molar-refractivity contribution >= 4 is 16.6 Å². The Kier molecular flexibility index (Phi) is 1.76. The maximum absolute atomic E-state index is 3.10. The first-order chi connectivity index (χ1) is 6.18. The van der Waals surface area contributed by atoms with Gasteiger partial charge in [0.15, 0.2) is 0 Å². The first kappa shape index (κ1) is 8.17. The molecule has 0 saturated heterocycles. The van der Waals surface area contributed by atoms with Gasteiger partial charge in [0, 0.05) is 30.7 Å². The summed E-state index contributed by atoms with van der Waals surface area (Å²) in [5.74, 6) is 0. The fraction of sp³-hybridized carbons (Fsp3) is 0.273. The third-order valence-electron chi connectivity index (χ3n) is 2.31. The second kappa shape index (κ2) is 2.80. The van der Waals surface area contributed by atoms with Gasteiger partial charge in [0.05, 0.1) is 6.20 Å². The van der Waals surface area contributed by atoms with Gasteiger partial charge in [0.25, 0.3) is 0 Å². The van der Waals surface area contributed by atoms with Crippen LogP contribution >= 0.6 is 0 Å². The maximum Gasteiger partial charge on any atom is 0.0630 e. The number of H-pyrrole nitrogens is 1. The Balaban J connectivity index is 2.70. The molecular formula is C11H13N2. The summed E-state index contributed by atoms with van der Waals surface area (Å²) in [6.07, 6.45) is 3.00. The molecular weight excluding hydrogens is 160 g/mol. The highest BCUT2D eigenvalue weighted by molar-refractivity contribution is 5.86. The first-order valence-corrected chi connectivity index (χ1v) is 4.35. The van der Waals surface area contributed by atoms with Gasteiger partial charge in [-0.15, -0.1) is 0 Å². The van der Waals surface area contributed by atoms with Crippen molar-refractivity contribution in [3.8, 4) is 0 Å². The van der Waals surface area contributed by atoms with Crippen LogP contribution in [0.25, 0.3) is 10.9 Å². The molecule has 2 rings (SSSR count). The Morgan fingerprint density at radius 2 is 2.08 bits per heavy atom. The van der Waals surface area contributed by atoms with Gasteiger partial charge < -0.3 is 9.88 Å². The first-order valence-electron chi connectivity index (χ1n) is 4.35. The minimum absolute atomic E-state index is 1.16. The fourth-order valence-corrected chi connectivity index (χ4v) is 1.52. The van der Waals surface area contributed by atoms with Crippen molar-refractivity contribution in [3.05, 3.63) is 30.0 Å². The molecule has 2 aromatic rings. The predicted molar refractivity (Wildman–Crippen MR) is 56.2 cm³/mol. The summed E-state index contributed by atoms with van der Waals surface area (Å²) in [6, 6.07) is 6.31. The molecule has 0 fully saturated rings. The van der Waals surface area contributed by atoms with Crippen LogP contribution in [0.15, 0.2) is 18.2 Å². The number of rotatable bonds is 1. The Morgan fingerprint density at radius 3 is 2.77 bits per heavy atom. The van der Waals surface area contributed by atoms with Gasteiger partial charge in [-0.2, -0.15) is 0 Å². The standard InChI is InChI=1S/C11H13N2/c1-8-6-9(13(2)3)7-11-10(8)4-5-12-11/h4,6-7,12H,1-3H3. The van der Waals surface area contributed by atoms with Crippen LogP contribution in [-0.4, -0.2) is 19.1 Å². The zero-order valence-corrected chi connectivity index (χ0v) is 8.18. The summed E-state index contributed by atoms with van der Waals surface area (Å²) in [5.41, 5.74) is 3.67. The SMILES string of the molecule is Cc1cc(N(C)C)cc2[nH][c]cc12. The molecule has 1 aromatic heterocycles. The van der Waals surface area contributed by atoms with Gasteiger partial charge in [0.2, 0.25) is 0 Å². The van der Waals surface area contributed by atoms with Crippen LogP contribution in [0.3, 0.4) is 0 Å². The number of nitrogens with zero attached hydrogens (tertiary/aromatic N) is 1. The van der Waals surface area contributed by atoms with Crippen molar-refractivity contribution in [2.45, 2.75) is 6.92 Å². The summed E-state index contributed by atoms with van der Waals surface area (Å²) in [6.45, 7) is 2.12. The molecule has 2 heteroatoms. The highest BCUT2D eigenvalue weighted by Crippen LogP contribution is 2.23. The molecule has 0 atom stereocenters. The number of aryl methyl sites for hydroxylation is 1. The van der Waals surface area contributed by atoms with Gasteiger partial charge in [-0.3, -0.25) is 0 Å². The number of anilines is 1. The normalized spacial score (nSPS) is 10.7. The topological polar surface area (TPSA) is 19.0 Å². The minimum Gasteiger partial charge on any atom is -0.378 e. The van der Waals surface area contributed by atoms with Crippen molar-refractivity contribution in [2.75, 3.05) is 19.0 Å². The second-order valence-corrected chi connectivity index (χ2v) is 3.53. The van der Waals surface area contributed by atoms with Crippen molar-refractivity contribution in [2.24, 2.45) is 0 Å². The summed E-state index contributed by atoms with van der Waals surface area (Å²) in [7, 11) is 4.10. The largest absolute Gasteiger partial charge is 0.378 e. The molecule has 0 amide bonds. The van der Waals surface area contributed by atoms with Crippen LogP contribution in [0.5, 0.6) is 0 Å². The molecule has 0 saturated carbocycles. The van der Waals surface area contributed by atoms with E-state index in [1.807, 2.05) is 20.2 Å². The minimum atomic E-state index is 1.16. The number of benzene rings is 1. The van der Waals surface area contributed by atoms with Crippen molar-refractivity contribution < 1.29 is 0 Å². The molecule has 0 aliphatic heterocycles. The van der Waals surface area contributed by atoms with Gasteiger partial charge >= 0.3 is 0 Å². The van der Waals surface area contributed by atoms with Gasteiger partial charge in [-0.25, -0.2) is 0 Å². The highest BCUT2D eigenvalue weighted by atomic mass is 15.1. The number of aromatic amines is 1. The lowest BCUT2D eigenvalue weighted by molar-refractivity contribution is 1.13. The monoisotopic (exact) mass is 173 g/mol. The van der Waals surface area contributed by atoms with E-state index >= 15 is 0 Å². The molecule has 67 valence electrons. The zero-order chi connectivity index (χ0) is 9.42. The third-order valence-corrected chi connectivity index (χ3v) is 2.31. The molecule has 0 bridgehead atoms.